The van der Waals surface area contributed by atoms with Crippen LogP contribution in [0.3, 0.4) is 0 Å². The quantitative estimate of drug-likeness (QED) is 0.697. The third-order valence-corrected chi connectivity index (χ3v) is 3.06. The summed E-state index contributed by atoms with van der Waals surface area (Å²) in [5.41, 5.74) is 0.820. The van der Waals surface area contributed by atoms with Crippen LogP contribution in [0.4, 0.5) is 0 Å². The minimum Gasteiger partial charge on any atom is -0.313 e. The van der Waals surface area contributed by atoms with Crippen LogP contribution in [0.2, 0.25) is 0 Å². The second kappa shape index (κ2) is 4.42. The van der Waals surface area contributed by atoms with Crippen LogP contribution in [-0.4, -0.2) is 29.4 Å². The van der Waals surface area contributed by atoms with Crippen molar-refractivity contribution in [2.24, 2.45) is 5.92 Å². The number of rotatable bonds is 3. The van der Waals surface area contributed by atoms with E-state index in [-0.39, 0.29) is 5.56 Å². The van der Waals surface area contributed by atoms with Crippen LogP contribution in [0, 0.1) is 5.92 Å². The van der Waals surface area contributed by atoms with Gasteiger partial charge < -0.3 is 4.57 Å². The molecule has 0 N–H and O–H groups in total. The average Bonchev–Trinajstić information content (AvgIpc) is 2.86. The van der Waals surface area contributed by atoms with Crippen molar-refractivity contribution in [1.29, 1.82) is 0 Å². The predicted octanol–water partition coefficient (Wildman–Crippen LogP) is 0.880. The molecule has 0 atom stereocenters. The van der Waals surface area contributed by atoms with Crippen LogP contribution < -0.4 is 5.56 Å². The average molecular weight is 258 g/mol. The maximum absolute atomic E-state index is 12.3. The van der Waals surface area contributed by atoms with Gasteiger partial charge in [-0.1, -0.05) is 13.8 Å². The van der Waals surface area contributed by atoms with Gasteiger partial charge in [0.2, 0.25) is 0 Å². The Morgan fingerprint density at radius 1 is 1.32 bits per heavy atom. The number of aryl methyl sites for hydroxylation is 1. The van der Waals surface area contributed by atoms with Crippen LogP contribution >= 0.6 is 0 Å². The van der Waals surface area contributed by atoms with E-state index in [1.165, 1.54) is 10.8 Å². The zero-order valence-electron chi connectivity index (χ0n) is 10.8. The van der Waals surface area contributed by atoms with Gasteiger partial charge in [0.05, 0.1) is 0 Å². The highest BCUT2D eigenvalue weighted by molar-refractivity contribution is 5.74. The molecule has 19 heavy (non-hydrogen) atoms. The maximum Gasteiger partial charge on any atom is 0.280 e. The monoisotopic (exact) mass is 258 g/mol. The Hall–Kier alpha value is -2.31. The van der Waals surface area contributed by atoms with E-state index in [0.29, 0.717) is 29.3 Å². The molecule has 98 valence electrons. The van der Waals surface area contributed by atoms with Gasteiger partial charge in [-0.05, 0) is 18.4 Å². The highest BCUT2D eigenvalue weighted by atomic mass is 16.1. The Morgan fingerprint density at radius 3 is 2.95 bits per heavy atom. The highest BCUT2D eigenvalue weighted by Crippen LogP contribution is 2.07. The molecule has 0 saturated heterocycles. The van der Waals surface area contributed by atoms with E-state index in [9.17, 15) is 4.79 Å². The molecule has 3 aromatic rings. The molecule has 3 rings (SSSR count). The summed E-state index contributed by atoms with van der Waals surface area (Å²) < 4.78 is 3.19. The molecule has 0 fully saturated rings. The van der Waals surface area contributed by atoms with Crippen molar-refractivity contribution in [1.82, 2.24) is 29.4 Å². The summed E-state index contributed by atoms with van der Waals surface area (Å²) in [6.45, 7) is 4.94. The summed E-state index contributed by atoms with van der Waals surface area (Å²) in [5, 5.41) is 11.9. The Morgan fingerprint density at radius 2 is 2.16 bits per heavy atom. The van der Waals surface area contributed by atoms with Gasteiger partial charge in [-0.25, -0.2) is 0 Å². The third kappa shape index (κ3) is 1.96. The molecule has 3 aromatic heterocycles. The summed E-state index contributed by atoms with van der Waals surface area (Å²) in [6.07, 6.45) is 4.12. The minimum absolute atomic E-state index is 0.136. The molecule has 7 heteroatoms. The van der Waals surface area contributed by atoms with Gasteiger partial charge in [0.1, 0.15) is 11.8 Å². The Kier molecular flexibility index (Phi) is 2.73. The number of pyridine rings is 1. The van der Waals surface area contributed by atoms with E-state index in [2.05, 4.69) is 34.1 Å². The van der Waals surface area contributed by atoms with E-state index in [0.717, 1.165) is 6.42 Å². The zero-order valence-corrected chi connectivity index (χ0v) is 10.8. The fourth-order valence-electron chi connectivity index (χ4n) is 1.96. The first-order valence-corrected chi connectivity index (χ1v) is 6.22. The summed E-state index contributed by atoms with van der Waals surface area (Å²) in [4.78, 5) is 16.3. The van der Waals surface area contributed by atoms with Gasteiger partial charge in [0, 0.05) is 12.7 Å². The van der Waals surface area contributed by atoms with E-state index in [4.69, 9.17) is 0 Å². The molecule has 0 saturated carbocycles. The summed E-state index contributed by atoms with van der Waals surface area (Å²) >= 11 is 0. The zero-order chi connectivity index (χ0) is 13.4. The summed E-state index contributed by atoms with van der Waals surface area (Å²) in [6, 6.07) is 1.83. The van der Waals surface area contributed by atoms with Crippen molar-refractivity contribution in [3.05, 3.63) is 28.9 Å². The normalized spacial score (nSPS) is 11.7. The molecule has 0 amide bonds. The molecule has 0 aromatic carbocycles. The molecule has 7 nitrogen and oxygen atoms in total. The fraction of sp³-hybridized carbons (Fsp3) is 0.417. The van der Waals surface area contributed by atoms with Gasteiger partial charge in [-0.15, -0.1) is 10.2 Å². The molecule has 3 heterocycles. The topological polar surface area (TPSA) is 78.0 Å². The van der Waals surface area contributed by atoms with Crippen molar-refractivity contribution in [2.45, 2.75) is 26.8 Å². The first-order chi connectivity index (χ1) is 9.16. The molecular formula is C12H14N6O. The number of fused-ring (bicyclic) bond motifs is 3. The van der Waals surface area contributed by atoms with E-state index < -0.39 is 0 Å². The largest absolute Gasteiger partial charge is 0.313 e. The van der Waals surface area contributed by atoms with Crippen LogP contribution in [0.15, 0.2) is 23.4 Å². The highest BCUT2D eigenvalue weighted by Gasteiger charge is 2.10. The van der Waals surface area contributed by atoms with Crippen molar-refractivity contribution in [3.8, 4) is 0 Å². The lowest BCUT2D eigenvalue weighted by Gasteiger charge is -2.08. The molecule has 0 bridgehead atoms. The lowest BCUT2D eigenvalue weighted by molar-refractivity contribution is 0.509. The van der Waals surface area contributed by atoms with Crippen LogP contribution in [0.5, 0.6) is 0 Å². The molecule has 0 aliphatic rings. The third-order valence-electron chi connectivity index (χ3n) is 3.06. The molecule has 0 spiro atoms. The van der Waals surface area contributed by atoms with E-state index in [1.807, 2.05) is 6.07 Å². The predicted molar refractivity (Wildman–Crippen MR) is 69.8 cm³/mol. The van der Waals surface area contributed by atoms with Crippen LogP contribution in [0.25, 0.3) is 16.8 Å². The van der Waals surface area contributed by atoms with Gasteiger partial charge in [-0.3, -0.25) is 4.79 Å². The second-order valence-corrected chi connectivity index (χ2v) is 4.90. The smallest absolute Gasteiger partial charge is 0.280 e. The standard InChI is InChI=1S/C12H14N6O/c1-8(2)3-5-17-6-4-9-10(11(17)19)15-16-12-13-7-14-18(9)12/h4,6-8H,3,5H2,1-2H3. The molecular weight excluding hydrogens is 244 g/mol. The number of hydrogen-bond donors (Lipinski definition) is 0. The number of aromatic nitrogens is 6. The van der Waals surface area contributed by atoms with Crippen LogP contribution in [-0.2, 0) is 6.54 Å². The van der Waals surface area contributed by atoms with E-state index in [1.54, 1.807) is 10.8 Å². The SMILES string of the molecule is CC(C)CCn1ccc2c(nnc3ncnn32)c1=O. The van der Waals surface area contributed by atoms with Crippen molar-refractivity contribution in [3.63, 3.8) is 0 Å². The Labute approximate surface area is 108 Å². The van der Waals surface area contributed by atoms with E-state index >= 15 is 0 Å². The van der Waals surface area contributed by atoms with Gasteiger partial charge in [0.15, 0.2) is 5.52 Å². The van der Waals surface area contributed by atoms with Gasteiger partial charge in [-0.2, -0.15) is 14.6 Å². The van der Waals surface area contributed by atoms with Crippen molar-refractivity contribution < 1.29 is 0 Å². The Bertz CT molecular complexity index is 788. The lowest BCUT2D eigenvalue weighted by atomic mass is 10.1. The molecule has 0 unspecified atom stereocenters. The minimum atomic E-state index is -0.136. The number of nitrogens with zero attached hydrogens (tertiary/aromatic N) is 6. The lowest BCUT2D eigenvalue weighted by Crippen LogP contribution is -2.22. The first-order valence-electron chi connectivity index (χ1n) is 6.22. The molecule has 0 aliphatic heterocycles. The van der Waals surface area contributed by atoms with Gasteiger partial charge >= 0.3 is 0 Å². The summed E-state index contributed by atoms with van der Waals surface area (Å²) in [7, 11) is 0. The van der Waals surface area contributed by atoms with Crippen molar-refractivity contribution in [2.75, 3.05) is 0 Å². The molecule has 0 radical (unpaired) electrons. The maximum atomic E-state index is 12.3. The second-order valence-electron chi connectivity index (χ2n) is 4.90. The van der Waals surface area contributed by atoms with Crippen molar-refractivity contribution >= 4 is 16.8 Å². The van der Waals surface area contributed by atoms with Crippen LogP contribution in [0.1, 0.15) is 20.3 Å². The Balaban J connectivity index is 2.16. The van der Waals surface area contributed by atoms with Gasteiger partial charge in [0.25, 0.3) is 11.3 Å². The fourth-order valence-corrected chi connectivity index (χ4v) is 1.96. The first kappa shape index (κ1) is 11.8. The number of hydrogen-bond acceptors (Lipinski definition) is 5. The summed E-state index contributed by atoms with van der Waals surface area (Å²) in [5.74, 6) is 0.943. The molecule has 0 aliphatic carbocycles.